The minimum absolute atomic E-state index is 0.0102. The van der Waals surface area contributed by atoms with Gasteiger partial charge in [-0.3, -0.25) is 4.90 Å². The van der Waals surface area contributed by atoms with Crippen LogP contribution in [0.25, 0.3) is 22.6 Å². The van der Waals surface area contributed by atoms with Crippen LogP contribution in [0.2, 0.25) is 0 Å². The first-order chi connectivity index (χ1) is 15.0. The first kappa shape index (κ1) is 20.0. The second-order valence-corrected chi connectivity index (χ2v) is 8.19. The Hall–Kier alpha value is -2.98. The minimum Gasteiger partial charge on any atom is -0.341 e. The molecule has 1 aliphatic heterocycles. The molecule has 3 aromatic heterocycles. The summed E-state index contributed by atoms with van der Waals surface area (Å²) in [5.41, 5.74) is 1.26. The van der Waals surface area contributed by atoms with E-state index in [1.165, 1.54) is 6.07 Å². The number of thiophene rings is 1. The normalized spacial score (nSPS) is 17.5. The van der Waals surface area contributed by atoms with Gasteiger partial charge in [0, 0.05) is 16.5 Å². The number of nitrogens with zero attached hydrogens (tertiary/aromatic N) is 4. The largest absolute Gasteiger partial charge is 0.416 e. The van der Waals surface area contributed by atoms with Crippen LogP contribution in [0.4, 0.5) is 13.2 Å². The van der Waals surface area contributed by atoms with Crippen molar-refractivity contribution >= 4 is 11.3 Å². The lowest BCUT2D eigenvalue weighted by atomic mass is 10.1. The first-order valence-corrected chi connectivity index (χ1v) is 10.7. The molecule has 4 heterocycles. The van der Waals surface area contributed by atoms with Gasteiger partial charge in [0.1, 0.15) is 5.82 Å². The Morgan fingerprint density at radius 3 is 2.94 bits per heavy atom. The fourth-order valence-electron chi connectivity index (χ4n) is 3.84. The van der Waals surface area contributed by atoms with Gasteiger partial charge in [0.2, 0.25) is 11.7 Å². The zero-order valence-electron chi connectivity index (χ0n) is 16.3. The zero-order valence-corrected chi connectivity index (χ0v) is 17.1. The van der Waals surface area contributed by atoms with Crippen LogP contribution in [0.3, 0.4) is 0 Å². The molecule has 0 bridgehead atoms. The van der Waals surface area contributed by atoms with Crippen LogP contribution in [0.1, 0.15) is 36.2 Å². The molecule has 1 N–H and O–H groups in total. The highest BCUT2D eigenvalue weighted by molar-refractivity contribution is 7.08. The molecule has 0 spiro atoms. The molecular weight excluding hydrogens is 427 g/mol. The Morgan fingerprint density at radius 2 is 2.13 bits per heavy atom. The number of rotatable bonds is 5. The van der Waals surface area contributed by atoms with Crippen LogP contribution in [0.15, 0.2) is 51.8 Å². The van der Waals surface area contributed by atoms with Gasteiger partial charge in [0.15, 0.2) is 0 Å². The van der Waals surface area contributed by atoms with E-state index in [-0.39, 0.29) is 6.04 Å². The van der Waals surface area contributed by atoms with E-state index in [1.807, 2.05) is 16.8 Å². The third kappa shape index (κ3) is 4.13. The Kier molecular flexibility index (Phi) is 5.11. The standard InChI is InChI=1S/C21H18F3N5OS/c22-21(23,24)15-4-1-3-13(9-15)16-10-25-20(26-16)17-5-2-7-29(17)11-18-27-19(28-30-18)14-6-8-31-12-14/h1,3-4,6,8-10,12,17H,2,5,7,11H2,(H,25,26). The predicted octanol–water partition coefficient (Wildman–Crippen LogP) is 5.54. The lowest BCUT2D eigenvalue weighted by molar-refractivity contribution is -0.137. The van der Waals surface area contributed by atoms with Crippen molar-refractivity contribution in [3.8, 4) is 22.6 Å². The van der Waals surface area contributed by atoms with Gasteiger partial charge in [0.05, 0.1) is 30.0 Å². The quantitative estimate of drug-likeness (QED) is 0.437. The zero-order chi connectivity index (χ0) is 21.4. The number of H-pyrrole nitrogens is 1. The number of hydrogen-bond donors (Lipinski definition) is 1. The van der Waals surface area contributed by atoms with Crippen LogP contribution < -0.4 is 0 Å². The summed E-state index contributed by atoms with van der Waals surface area (Å²) in [5.74, 6) is 1.82. The van der Waals surface area contributed by atoms with Crippen molar-refractivity contribution in [2.45, 2.75) is 31.6 Å². The SMILES string of the molecule is FC(F)(F)c1cccc(-c2cnc(C3CCCN3Cc3nc(-c4ccsc4)no3)[nH]2)c1. The number of aromatic nitrogens is 4. The van der Waals surface area contributed by atoms with Crippen LogP contribution in [0, 0.1) is 0 Å². The van der Waals surface area contributed by atoms with Gasteiger partial charge in [-0.05, 0) is 43.0 Å². The molecule has 0 saturated carbocycles. The monoisotopic (exact) mass is 445 g/mol. The van der Waals surface area contributed by atoms with Gasteiger partial charge < -0.3 is 9.51 Å². The van der Waals surface area contributed by atoms with E-state index in [0.29, 0.717) is 29.5 Å². The number of aromatic amines is 1. The maximum absolute atomic E-state index is 13.0. The molecular formula is C21H18F3N5OS. The van der Waals surface area contributed by atoms with E-state index in [9.17, 15) is 13.2 Å². The number of alkyl halides is 3. The molecule has 1 unspecified atom stereocenters. The highest BCUT2D eigenvalue weighted by Crippen LogP contribution is 2.34. The Balaban J connectivity index is 1.33. The highest BCUT2D eigenvalue weighted by atomic mass is 32.1. The number of hydrogen-bond acceptors (Lipinski definition) is 6. The van der Waals surface area contributed by atoms with Gasteiger partial charge >= 0.3 is 6.18 Å². The third-order valence-corrected chi connectivity index (χ3v) is 6.04. The van der Waals surface area contributed by atoms with E-state index in [2.05, 4.69) is 25.0 Å². The molecule has 1 aromatic carbocycles. The van der Waals surface area contributed by atoms with Crippen LogP contribution >= 0.6 is 11.3 Å². The third-order valence-electron chi connectivity index (χ3n) is 5.36. The van der Waals surface area contributed by atoms with Gasteiger partial charge in [0.25, 0.3) is 0 Å². The lowest BCUT2D eigenvalue weighted by Crippen LogP contribution is -2.23. The van der Waals surface area contributed by atoms with Crippen molar-refractivity contribution in [1.82, 2.24) is 25.0 Å². The number of halogens is 3. The maximum Gasteiger partial charge on any atom is 0.416 e. The highest BCUT2D eigenvalue weighted by Gasteiger charge is 2.32. The summed E-state index contributed by atoms with van der Waals surface area (Å²) in [4.78, 5) is 14.3. The number of likely N-dealkylation sites (tertiary alicyclic amines) is 1. The molecule has 6 nitrogen and oxygen atoms in total. The minimum atomic E-state index is -4.38. The Bertz CT molecular complexity index is 1170. The van der Waals surface area contributed by atoms with Crippen LogP contribution in [-0.2, 0) is 12.7 Å². The molecule has 5 rings (SSSR count). The van der Waals surface area contributed by atoms with E-state index in [4.69, 9.17) is 4.52 Å². The fraction of sp³-hybridized carbons (Fsp3) is 0.286. The molecule has 0 radical (unpaired) electrons. The van der Waals surface area contributed by atoms with Crippen molar-refractivity contribution < 1.29 is 17.7 Å². The predicted molar refractivity (Wildman–Crippen MR) is 109 cm³/mol. The second-order valence-electron chi connectivity index (χ2n) is 7.41. The van der Waals surface area contributed by atoms with Crippen molar-refractivity contribution in [1.29, 1.82) is 0 Å². The van der Waals surface area contributed by atoms with Gasteiger partial charge in [-0.1, -0.05) is 17.3 Å². The Morgan fingerprint density at radius 1 is 1.23 bits per heavy atom. The summed E-state index contributed by atoms with van der Waals surface area (Å²) in [6, 6.07) is 7.19. The summed E-state index contributed by atoms with van der Waals surface area (Å²) >= 11 is 1.57. The molecule has 10 heteroatoms. The number of benzene rings is 1. The van der Waals surface area contributed by atoms with E-state index >= 15 is 0 Å². The second kappa shape index (κ2) is 7.93. The molecule has 1 aliphatic rings. The van der Waals surface area contributed by atoms with Crippen LogP contribution in [-0.4, -0.2) is 31.6 Å². The molecule has 4 aromatic rings. The van der Waals surface area contributed by atoms with E-state index in [1.54, 1.807) is 23.6 Å². The Labute approximate surface area is 179 Å². The first-order valence-electron chi connectivity index (χ1n) is 9.79. The van der Waals surface area contributed by atoms with Crippen LogP contribution in [0.5, 0.6) is 0 Å². The van der Waals surface area contributed by atoms with E-state index in [0.717, 1.165) is 42.9 Å². The molecule has 1 fully saturated rings. The van der Waals surface area contributed by atoms with E-state index < -0.39 is 11.7 Å². The van der Waals surface area contributed by atoms with Crippen molar-refractivity contribution in [2.24, 2.45) is 0 Å². The number of nitrogens with one attached hydrogen (secondary N) is 1. The molecule has 31 heavy (non-hydrogen) atoms. The van der Waals surface area contributed by atoms with Gasteiger partial charge in [-0.2, -0.15) is 29.5 Å². The van der Waals surface area contributed by atoms with Gasteiger partial charge in [-0.25, -0.2) is 4.98 Å². The summed E-state index contributed by atoms with van der Waals surface area (Å²) in [7, 11) is 0. The van der Waals surface area contributed by atoms with Gasteiger partial charge in [-0.15, -0.1) is 0 Å². The molecule has 1 saturated heterocycles. The average molecular weight is 445 g/mol. The summed E-state index contributed by atoms with van der Waals surface area (Å²) in [5, 5.41) is 7.97. The smallest absolute Gasteiger partial charge is 0.341 e. The fourth-order valence-corrected chi connectivity index (χ4v) is 4.48. The van der Waals surface area contributed by atoms with Crippen molar-refractivity contribution in [3.05, 3.63) is 64.6 Å². The maximum atomic E-state index is 13.0. The van der Waals surface area contributed by atoms with Crippen molar-refractivity contribution in [2.75, 3.05) is 6.54 Å². The summed E-state index contributed by atoms with van der Waals surface area (Å²) in [6.45, 7) is 1.34. The molecule has 0 aliphatic carbocycles. The van der Waals surface area contributed by atoms with Crippen molar-refractivity contribution in [3.63, 3.8) is 0 Å². The summed E-state index contributed by atoms with van der Waals surface area (Å²) < 4.78 is 44.5. The topological polar surface area (TPSA) is 70.8 Å². The molecule has 160 valence electrons. The summed E-state index contributed by atoms with van der Waals surface area (Å²) in [6.07, 6.45) is -0.924. The average Bonchev–Trinajstić information content (AvgIpc) is 3.53. The number of imidazole rings is 1. The molecule has 0 amide bonds. The molecule has 1 atom stereocenters. The lowest BCUT2D eigenvalue weighted by Gasteiger charge is -2.20.